The van der Waals surface area contributed by atoms with Crippen LogP contribution in [0.2, 0.25) is 0 Å². The normalized spacial score (nSPS) is 11.4. The van der Waals surface area contributed by atoms with Crippen molar-refractivity contribution in [3.63, 3.8) is 0 Å². The summed E-state index contributed by atoms with van der Waals surface area (Å²) in [6.07, 6.45) is 2.50. The van der Waals surface area contributed by atoms with Crippen LogP contribution < -0.4 is 5.32 Å². The lowest BCUT2D eigenvalue weighted by molar-refractivity contribution is 0.0951. The molecule has 0 aliphatic heterocycles. The number of aromatic nitrogens is 2. The van der Waals surface area contributed by atoms with Crippen LogP contribution in [0, 0.1) is 12.7 Å². The van der Waals surface area contributed by atoms with Crippen molar-refractivity contribution in [1.82, 2.24) is 15.5 Å². The first-order valence-electron chi connectivity index (χ1n) is 7.97. The molecule has 6 heteroatoms. The van der Waals surface area contributed by atoms with Crippen molar-refractivity contribution in [3.8, 4) is 0 Å². The number of nitrogens with one attached hydrogen (secondary N) is 2. The Bertz CT molecular complexity index is 880. The van der Waals surface area contributed by atoms with Gasteiger partial charge in [0, 0.05) is 29.6 Å². The van der Waals surface area contributed by atoms with Crippen molar-refractivity contribution in [2.24, 2.45) is 0 Å². The Morgan fingerprint density at radius 1 is 1.42 bits per heavy atom. The number of amides is 1. The fraction of sp³-hybridized carbons (Fsp3) is 0.333. The molecule has 1 amide bonds. The number of hydrogen-bond acceptors (Lipinski definition) is 3. The average molecular weight is 329 g/mol. The van der Waals surface area contributed by atoms with Crippen molar-refractivity contribution < 1.29 is 13.7 Å². The Hall–Kier alpha value is -2.63. The first kappa shape index (κ1) is 16.2. The second-order valence-corrected chi connectivity index (χ2v) is 6.17. The van der Waals surface area contributed by atoms with Gasteiger partial charge in [0.2, 0.25) is 0 Å². The minimum absolute atomic E-state index is 0.0930. The number of fused-ring (bicyclic) bond motifs is 1. The minimum Gasteiger partial charge on any atom is -0.361 e. The lowest BCUT2D eigenvalue weighted by atomic mass is 10.0. The second-order valence-electron chi connectivity index (χ2n) is 6.17. The summed E-state index contributed by atoms with van der Waals surface area (Å²) >= 11 is 0. The molecular formula is C18H20FN3O2. The third-order valence-corrected chi connectivity index (χ3v) is 4.05. The van der Waals surface area contributed by atoms with E-state index < -0.39 is 0 Å². The van der Waals surface area contributed by atoms with E-state index in [1.165, 1.54) is 12.1 Å². The highest BCUT2D eigenvalue weighted by Crippen LogP contribution is 2.22. The Labute approximate surface area is 139 Å². The molecule has 1 aromatic carbocycles. The third-order valence-electron chi connectivity index (χ3n) is 4.05. The molecule has 126 valence electrons. The SMILES string of the molecule is Cc1noc(C(C)C)c1C(=O)NCCc1c[nH]c2cc(F)ccc12. The van der Waals surface area contributed by atoms with Crippen LogP contribution >= 0.6 is 0 Å². The van der Waals surface area contributed by atoms with Gasteiger partial charge in [0.25, 0.3) is 5.91 Å². The summed E-state index contributed by atoms with van der Waals surface area (Å²) in [6.45, 7) is 6.16. The number of rotatable bonds is 5. The van der Waals surface area contributed by atoms with Crippen LogP contribution in [-0.2, 0) is 6.42 Å². The Morgan fingerprint density at radius 2 is 2.21 bits per heavy atom. The van der Waals surface area contributed by atoms with E-state index in [2.05, 4.69) is 15.5 Å². The van der Waals surface area contributed by atoms with Crippen molar-refractivity contribution in [2.45, 2.75) is 33.1 Å². The van der Waals surface area contributed by atoms with Gasteiger partial charge in [-0.1, -0.05) is 19.0 Å². The fourth-order valence-corrected chi connectivity index (χ4v) is 2.82. The predicted molar refractivity (Wildman–Crippen MR) is 89.6 cm³/mol. The topological polar surface area (TPSA) is 70.9 Å². The van der Waals surface area contributed by atoms with E-state index >= 15 is 0 Å². The summed E-state index contributed by atoms with van der Waals surface area (Å²) in [6, 6.07) is 4.65. The number of H-pyrrole nitrogens is 1. The molecule has 2 heterocycles. The molecule has 24 heavy (non-hydrogen) atoms. The van der Waals surface area contributed by atoms with Crippen LogP contribution in [-0.4, -0.2) is 22.6 Å². The van der Waals surface area contributed by atoms with Crippen LogP contribution in [0.3, 0.4) is 0 Å². The first-order chi connectivity index (χ1) is 11.5. The summed E-state index contributed by atoms with van der Waals surface area (Å²) in [5.74, 6) is 0.250. The number of hydrogen-bond donors (Lipinski definition) is 2. The maximum atomic E-state index is 13.2. The Kier molecular flexibility index (Phi) is 4.38. The van der Waals surface area contributed by atoms with Crippen molar-refractivity contribution >= 4 is 16.8 Å². The zero-order valence-electron chi connectivity index (χ0n) is 13.9. The lowest BCUT2D eigenvalue weighted by Crippen LogP contribution is -2.27. The van der Waals surface area contributed by atoms with Crippen molar-refractivity contribution in [3.05, 3.63) is 52.8 Å². The maximum absolute atomic E-state index is 13.2. The molecule has 2 N–H and O–H groups in total. The molecule has 3 rings (SSSR count). The Morgan fingerprint density at radius 3 is 2.96 bits per heavy atom. The number of benzene rings is 1. The molecule has 2 aromatic heterocycles. The molecular weight excluding hydrogens is 309 g/mol. The smallest absolute Gasteiger partial charge is 0.256 e. The highest BCUT2D eigenvalue weighted by atomic mass is 19.1. The quantitative estimate of drug-likeness (QED) is 0.750. The molecule has 0 saturated carbocycles. The number of aryl methyl sites for hydroxylation is 1. The van der Waals surface area contributed by atoms with Gasteiger partial charge in [0.1, 0.15) is 11.4 Å². The van der Waals surface area contributed by atoms with E-state index in [1.807, 2.05) is 20.0 Å². The molecule has 0 saturated heterocycles. The lowest BCUT2D eigenvalue weighted by Gasteiger charge is -2.07. The Balaban J connectivity index is 1.68. The van der Waals surface area contributed by atoms with Gasteiger partial charge in [-0.15, -0.1) is 0 Å². The zero-order valence-corrected chi connectivity index (χ0v) is 13.9. The van der Waals surface area contributed by atoms with Gasteiger partial charge in [-0.2, -0.15) is 0 Å². The second kappa shape index (κ2) is 6.47. The van der Waals surface area contributed by atoms with E-state index in [1.54, 1.807) is 13.0 Å². The van der Waals surface area contributed by atoms with E-state index in [-0.39, 0.29) is 17.6 Å². The summed E-state index contributed by atoms with van der Waals surface area (Å²) in [5, 5.41) is 7.77. The summed E-state index contributed by atoms with van der Waals surface area (Å²) in [4.78, 5) is 15.5. The summed E-state index contributed by atoms with van der Waals surface area (Å²) in [7, 11) is 0. The highest BCUT2D eigenvalue weighted by Gasteiger charge is 2.22. The predicted octanol–water partition coefficient (Wildman–Crippen LogP) is 3.70. The molecule has 0 aliphatic rings. The van der Waals surface area contributed by atoms with Gasteiger partial charge < -0.3 is 14.8 Å². The number of nitrogens with zero attached hydrogens (tertiary/aromatic N) is 1. The molecule has 0 aliphatic carbocycles. The number of carbonyl (C=O) groups excluding carboxylic acids is 1. The van der Waals surface area contributed by atoms with E-state index in [0.717, 1.165) is 16.5 Å². The molecule has 0 radical (unpaired) electrons. The van der Waals surface area contributed by atoms with Gasteiger partial charge in [-0.05, 0) is 37.1 Å². The van der Waals surface area contributed by atoms with Crippen LogP contribution in [0.4, 0.5) is 4.39 Å². The molecule has 0 fully saturated rings. The molecule has 3 aromatic rings. The van der Waals surface area contributed by atoms with Crippen molar-refractivity contribution in [2.75, 3.05) is 6.54 Å². The van der Waals surface area contributed by atoms with Gasteiger partial charge in [-0.25, -0.2) is 4.39 Å². The summed E-state index contributed by atoms with van der Waals surface area (Å²) in [5.41, 5.74) is 2.91. The number of halogens is 1. The standard InChI is InChI=1S/C18H20FN3O2/c1-10(2)17-16(11(3)22-24-17)18(23)20-7-6-12-9-21-15-8-13(19)4-5-14(12)15/h4-5,8-10,21H,6-7H2,1-3H3,(H,20,23). The zero-order chi connectivity index (χ0) is 17.3. The van der Waals surface area contributed by atoms with Gasteiger partial charge in [0.05, 0.1) is 5.69 Å². The number of carbonyl (C=O) groups is 1. The van der Waals surface area contributed by atoms with Crippen LogP contribution in [0.1, 0.15) is 47.1 Å². The van der Waals surface area contributed by atoms with E-state index in [9.17, 15) is 9.18 Å². The molecule has 0 spiro atoms. The molecule has 0 bridgehead atoms. The number of aromatic amines is 1. The van der Waals surface area contributed by atoms with Crippen LogP contribution in [0.25, 0.3) is 10.9 Å². The monoisotopic (exact) mass is 329 g/mol. The summed E-state index contributed by atoms with van der Waals surface area (Å²) < 4.78 is 18.5. The van der Waals surface area contributed by atoms with Crippen LogP contribution in [0.15, 0.2) is 28.9 Å². The van der Waals surface area contributed by atoms with Crippen molar-refractivity contribution in [1.29, 1.82) is 0 Å². The highest BCUT2D eigenvalue weighted by molar-refractivity contribution is 5.96. The molecule has 0 unspecified atom stereocenters. The van der Waals surface area contributed by atoms with E-state index in [0.29, 0.717) is 30.0 Å². The minimum atomic E-state index is -0.270. The fourth-order valence-electron chi connectivity index (χ4n) is 2.82. The average Bonchev–Trinajstić information content (AvgIpc) is 3.10. The third kappa shape index (κ3) is 3.04. The molecule has 0 atom stereocenters. The maximum Gasteiger partial charge on any atom is 0.256 e. The van der Waals surface area contributed by atoms with E-state index in [4.69, 9.17) is 4.52 Å². The van der Waals surface area contributed by atoms with Gasteiger partial charge in [-0.3, -0.25) is 4.79 Å². The largest absolute Gasteiger partial charge is 0.361 e. The van der Waals surface area contributed by atoms with Gasteiger partial charge in [0.15, 0.2) is 5.76 Å². The van der Waals surface area contributed by atoms with Gasteiger partial charge >= 0.3 is 0 Å². The first-order valence-corrected chi connectivity index (χ1v) is 7.97. The van der Waals surface area contributed by atoms with Crippen LogP contribution in [0.5, 0.6) is 0 Å². The molecule has 5 nitrogen and oxygen atoms in total.